The van der Waals surface area contributed by atoms with E-state index in [0.29, 0.717) is 22.8 Å². The molecule has 0 unspecified atom stereocenters. The number of amides is 1. The maximum Gasteiger partial charge on any atom is 0.276 e. The maximum atomic E-state index is 11.8. The number of carbonyl (C=O) groups is 1. The number of carbonyl (C=O) groups excluding carboxylic acids is 1. The van der Waals surface area contributed by atoms with Crippen LogP contribution >= 0.6 is 12.2 Å². The molecule has 0 aromatic heterocycles. The van der Waals surface area contributed by atoms with Crippen LogP contribution in [-0.2, 0) is 11.2 Å². The molecule has 1 aliphatic carbocycles. The first kappa shape index (κ1) is 18.5. The molecule has 0 spiro atoms. The van der Waals surface area contributed by atoms with Crippen molar-refractivity contribution in [3.8, 4) is 5.75 Å². The number of ether oxygens (including phenoxy) is 1. The molecule has 0 heterocycles. The van der Waals surface area contributed by atoms with Crippen molar-refractivity contribution in [3.63, 3.8) is 0 Å². The van der Waals surface area contributed by atoms with Crippen LogP contribution in [0.4, 0.5) is 0 Å². The number of hydrogen-bond acceptors (Lipinski definition) is 3. The molecule has 1 aliphatic rings. The second kappa shape index (κ2) is 9.47. The third-order valence-corrected chi connectivity index (χ3v) is 4.66. The average Bonchev–Trinajstić information content (AvgIpc) is 2.60. The first-order valence-corrected chi connectivity index (χ1v) is 9.06. The molecule has 0 radical (unpaired) electrons. The van der Waals surface area contributed by atoms with Gasteiger partial charge in [0.15, 0.2) is 11.7 Å². The molecule has 5 nitrogen and oxygen atoms in total. The lowest BCUT2D eigenvalue weighted by Gasteiger charge is -2.30. The number of hydrogen-bond donors (Lipinski definition) is 3. The van der Waals surface area contributed by atoms with E-state index in [1.807, 2.05) is 24.3 Å². The fraction of sp³-hybridized carbons (Fsp3) is 0.556. The Hall–Kier alpha value is -1.82. The number of rotatable bonds is 5. The highest BCUT2D eigenvalue weighted by Crippen LogP contribution is 2.23. The van der Waals surface area contributed by atoms with Crippen molar-refractivity contribution < 1.29 is 9.53 Å². The zero-order valence-corrected chi connectivity index (χ0v) is 15.2. The average molecular weight is 350 g/mol. The molecule has 0 bridgehead atoms. The SMILES string of the molecule is CCc1ccc(OCC(=O)NNC(=S)N[C@@H]2CCCC[C@@H]2C)cc1. The molecule has 6 heteroatoms. The number of thiocarbonyl (C=S) groups is 1. The van der Waals surface area contributed by atoms with Crippen LogP contribution in [0.2, 0.25) is 0 Å². The van der Waals surface area contributed by atoms with Gasteiger partial charge in [0.1, 0.15) is 5.75 Å². The summed E-state index contributed by atoms with van der Waals surface area (Å²) in [7, 11) is 0. The Balaban J connectivity index is 1.65. The molecule has 0 aliphatic heterocycles. The van der Waals surface area contributed by atoms with Crippen molar-refractivity contribution >= 4 is 23.2 Å². The Morgan fingerprint density at radius 1 is 1.21 bits per heavy atom. The Labute approximate surface area is 149 Å². The summed E-state index contributed by atoms with van der Waals surface area (Å²) in [6, 6.07) is 8.11. The fourth-order valence-corrected chi connectivity index (χ4v) is 3.07. The molecular formula is C18H27N3O2S. The largest absolute Gasteiger partial charge is 0.484 e. The first-order chi connectivity index (χ1) is 11.6. The zero-order chi connectivity index (χ0) is 17.4. The summed E-state index contributed by atoms with van der Waals surface area (Å²) < 4.78 is 5.45. The summed E-state index contributed by atoms with van der Waals surface area (Å²) in [5, 5.41) is 3.73. The van der Waals surface area contributed by atoms with Gasteiger partial charge in [-0.2, -0.15) is 0 Å². The molecule has 1 aromatic rings. The van der Waals surface area contributed by atoms with Gasteiger partial charge in [0.25, 0.3) is 5.91 Å². The van der Waals surface area contributed by atoms with Crippen molar-refractivity contribution in [2.75, 3.05) is 6.61 Å². The van der Waals surface area contributed by atoms with Gasteiger partial charge in [-0.1, -0.05) is 38.8 Å². The molecule has 1 amide bonds. The minimum Gasteiger partial charge on any atom is -0.484 e. The highest BCUT2D eigenvalue weighted by molar-refractivity contribution is 7.80. The van der Waals surface area contributed by atoms with Gasteiger partial charge in [-0.05, 0) is 55.1 Å². The Morgan fingerprint density at radius 3 is 2.58 bits per heavy atom. The van der Waals surface area contributed by atoms with Gasteiger partial charge in [-0.15, -0.1) is 0 Å². The van der Waals surface area contributed by atoms with Crippen molar-refractivity contribution in [3.05, 3.63) is 29.8 Å². The highest BCUT2D eigenvalue weighted by atomic mass is 32.1. The summed E-state index contributed by atoms with van der Waals surface area (Å²) in [5.41, 5.74) is 6.55. The van der Waals surface area contributed by atoms with E-state index in [-0.39, 0.29) is 12.5 Å². The van der Waals surface area contributed by atoms with Gasteiger partial charge in [0, 0.05) is 6.04 Å². The summed E-state index contributed by atoms with van der Waals surface area (Å²) in [5.74, 6) is 1.01. The van der Waals surface area contributed by atoms with Crippen molar-refractivity contribution in [2.45, 2.75) is 52.0 Å². The smallest absolute Gasteiger partial charge is 0.276 e. The van der Waals surface area contributed by atoms with Crippen LogP contribution in [0, 0.1) is 5.92 Å². The first-order valence-electron chi connectivity index (χ1n) is 8.65. The number of nitrogens with one attached hydrogen (secondary N) is 3. The fourth-order valence-electron chi connectivity index (χ4n) is 2.87. The Morgan fingerprint density at radius 2 is 1.92 bits per heavy atom. The third-order valence-electron chi connectivity index (χ3n) is 4.44. The lowest BCUT2D eigenvalue weighted by molar-refractivity contribution is -0.123. The lowest BCUT2D eigenvalue weighted by atomic mass is 9.86. The van der Waals surface area contributed by atoms with Gasteiger partial charge < -0.3 is 10.1 Å². The van der Waals surface area contributed by atoms with Crippen LogP contribution < -0.4 is 20.9 Å². The minimum absolute atomic E-state index is 0.0546. The van der Waals surface area contributed by atoms with Crippen LogP contribution in [-0.4, -0.2) is 23.7 Å². The van der Waals surface area contributed by atoms with Crippen molar-refractivity contribution in [1.29, 1.82) is 0 Å². The van der Waals surface area contributed by atoms with Crippen LogP contribution in [0.25, 0.3) is 0 Å². The molecule has 1 aromatic carbocycles. The van der Waals surface area contributed by atoms with Gasteiger partial charge in [0.2, 0.25) is 0 Å². The zero-order valence-electron chi connectivity index (χ0n) is 14.4. The molecule has 1 saturated carbocycles. The van der Waals surface area contributed by atoms with E-state index >= 15 is 0 Å². The predicted octanol–water partition coefficient (Wildman–Crippen LogP) is 2.70. The molecule has 0 saturated heterocycles. The molecule has 132 valence electrons. The van der Waals surface area contributed by atoms with E-state index in [1.165, 1.54) is 24.8 Å². The quantitative estimate of drug-likeness (QED) is 0.564. The van der Waals surface area contributed by atoms with E-state index < -0.39 is 0 Å². The molecule has 2 atom stereocenters. The van der Waals surface area contributed by atoms with Crippen molar-refractivity contribution in [1.82, 2.24) is 16.2 Å². The Bertz CT molecular complexity index is 548. The molecule has 24 heavy (non-hydrogen) atoms. The normalized spacial score (nSPS) is 20.1. The lowest BCUT2D eigenvalue weighted by Crippen LogP contribution is -2.52. The number of aryl methyl sites for hydroxylation is 1. The van der Waals surface area contributed by atoms with E-state index in [4.69, 9.17) is 17.0 Å². The number of benzene rings is 1. The second-order valence-electron chi connectivity index (χ2n) is 6.30. The second-order valence-corrected chi connectivity index (χ2v) is 6.71. The molecule has 1 fully saturated rings. The Kier molecular flexibility index (Phi) is 7.31. The van der Waals surface area contributed by atoms with Gasteiger partial charge in [0.05, 0.1) is 0 Å². The molecule has 2 rings (SSSR count). The van der Waals surface area contributed by atoms with Crippen LogP contribution in [0.5, 0.6) is 5.75 Å². The van der Waals surface area contributed by atoms with Gasteiger partial charge >= 0.3 is 0 Å². The highest BCUT2D eigenvalue weighted by Gasteiger charge is 2.21. The number of hydrazine groups is 1. The van der Waals surface area contributed by atoms with Crippen LogP contribution in [0.1, 0.15) is 45.1 Å². The summed E-state index contributed by atoms with van der Waals surface area (Å²) in [6.45, 7) is 4.27. The van der Waals surface area contributed by atoms with Crippen molar-refractivity contribution in [2.24, 2.45) is 5.92 Å². The van der Waals surface area contributed by atoms with E-state index in [2.05, 4.69) is 30.0 Å². The monoisotopic (exact) mass is 349 g/mol. The molecule has 3 N–H and O–H groups in total. The minimum atomic E-state index is -0.268. The third kappa shape index (κ3) is 6.00. The van der Waals surface area contributed by atoms with Crippen LogP contribution in [0.15, 0.2) is 24.3 Å². The summed E-state index contributed by atoms with van der Waals surface area (Å²) in [6.07, 6.45) is 5.83. The van der Waals surface area contributed by atoms with E-state index in [9.17, 15) is 4.79 Å². The van der Waals surface area contributed by atoms with E-state index in [1.54, 1.807) is 0 Å². The standard InChI is InChI=1S/C18H27N3O2S/c1-3-14-8-10-15(11-9-14)23-12-17(22)20-21-18(24)19-16-7-5-4-6-13(16)2/h8-11,13,16H,3-7,12H2,1-2H3,(H,20,22)(H2,19,21,24)/t13-,16+/m0/s1. The van der Waals surface area contributed by atoms with Crippen LogP contribution in [0.3, 0.4) is 0 Å². The van der Waals surface area contributed by atoms with Gasteiger partial charge in [-0.25, -0.2) is 0 Å². The van der Waals surface area contributed by atoms with Gasteiger partial charge in [-0.3, -0.25) is 15.6 Å². The summed E-state index contributed by atoms with van der Waals surface area (Å²) >= 11 is 5.23. The molecular weight excluding hydrogens is 322 g/mol. The van der Waals surface area contributed by atoms with E-state index in [0.717, 1.165) is 12.8 Å². The maximum absolute atomic E-state index is 11.8. The topological polar surface area (TPSA) is 62.4 Å². The predicted molar refractivity (Wildman–Crippen MR) is 99.7 cm³/mol. The summed E-state index contributed by atoms with van der Waals surface area (Å²) in [4.78, 5) is 11.8.